The molecule has 1 amide bonds. The van der Waals surface area contributed by atoms with Gasteiger partial charge in [0.1, 0.15) is 5.82 Å². The number of rotatable bonds is 8. The molecule has 0 radical (unpaired) electrons. The summed E-state index contributed by atoms with van der Waals surface area (Å²) < 4.78 is 20.4. The minimum atomic E-state index is -0.287. The van der Waals surface area contributed by atoms with Crippen LogP contribution in [-0.4, -0.2) is 71.2 Å². The topological polar surface area (TPSA) is 83.5 Å². The Balaban J connectivity index is 1.50. The van der Waals surface area contributed by atoms with Gasteiger partial charge in [0.2, 0.25) is 5.91 Å². The molecule has 0 unspecified atom stereocenters. The van der Waals surface area contributed by atoms with E-state index in [-0.39, 0.29) is 23.2 Å². The quantitative estimate of drug-likeness (QED) is 0.521. The zero-order valence-electron chi connectivity index (χ0n) is 15.8. The van der Waals surface area contributed by atoms with E-state index in [0.29, 0.717) is 56.6 Å². The summed E-state index contributed by atoms with van der Waals surface area (Å²) in [5.41, 5.74) is 0.283. The zero-order chi connectivity index (χ0) is 19.9. The molecule has 2 aromatic rings. The van der Waals surface area contributed by atoms with Gasteiger partial charge in [0, 0.05) is 46.4 Å². The number of aromatic amines is 1. The van der Waals surface area contributed by atoms with Gasteiger partial charge >= 0.3 is 5.69 Å². The number of hydrogen-bond acceptors (Lipinski definition) is 6. The first-order chi connectivity index (χ1) is 13.6. The van der Waals surface area contributed by atoms with Crippen LogP contribution in [-0.2, 0) is 16.1 Å². The number of carbonyl (C=O) groups is 1. The number of methoxy groups -OCH3 is 1. The van der Waals surface area contributed by atoms with E-state index in [4.69, 9.17) is 4.74 Å². The lowest BCUT2D eigenvalue weighted by atomic mass is 10.2. The summed E-state index contributed by atoms with van der Waals surface area (Å²) in [6, 6.07) is 6.67. The van der Waals surface area contributed by atoms with E-state index in [0.717, 1.165) is 0 Å². The van der Waals surface area contributed by atoms with E-state index < -0.39 is 0 Å². The molecule has 3 rings (SSSR count). The number of aromatic nitrogens is 3. The van der Waals surface area contributed by atoms with Crippen LogP contribution in [0.4, 0.5) is 10.1 Å². The van der Waals surface area contributed by atoms with Gasteiger partial charge in [-0.2, -0.15) is 0 Å². The maximum Gasteiger partial charge on any atom is 0.343 e. The summed E-state index contributed by atoms with van der Waals surface area (Å²) >= 11 is 1.24. The zero-order valence-corrected chi connectivity index (χ0v) is 16.6. The molecule has 2 heterocycles. The van der Waals surface area contributed by atoms with Crippen molar-refractivity contribution >= 4 is 23.4 Å². The molecule has 8 nitrogen and oxygen atoms in total. The third kappa shape index (κ3) is 4.93. The molecule has 0 saturated carbocycles. The van der Waals surface area contributed by atoms with Crippen LogP contribution in [0.5, 0.6) is 0 Å². The van der Waals surface area contributed by atoms with Crippen LogP contribution in [0.3, 0.4) is 0 Å². The number of H-pyrrole nitrogens is 1. The van der Waals surface area contributed by atoms with Crippen LogP contribution >= 0.6 is 11.8 Å². The van der Waals surface area contributed by atoms with Crippen LogP contribution in [0.2, 0.25) is 0 Å². The molecule has 1 aliphatic heterocycles. The predicted molar refractivity (Wildman–Crippen MR) is 105 cm³/mol. The molecular formula is C18H24FN5O3S. The number of hydrogen-bond donors (Lipinski definition) is 1. The summed E-state index contributed by atoms with van der Waals surface area (Å²) in [7, 11) is 1.61. The minimum Gasteiger partial charge on any atom is -0.385 e. The van der Waals surface area contributed by atoms with Crippen molar-refractivity contribution in [3.63, 3.8) is 0 Å². The third-order valence-electron chi connectivity index (χ3n) is 4.60. The first-order valence-corrected chi connectivity index (χ1v) is 10.1. The van der Waals surface area contributed by atoms with Crippen LogP contribution in [0.25, 0.3) is 0 Å². The molecule has 1 N–H and O–H groups in total. The number of benzene rings is 1. The van der Waals surface area contributed by atoms with Gasteiger partial charge in [-0.25, -0.2) is 14.3 Å². The number of piperazine rings is 1. The fourth-order valence-electron chi connectivity index (χ4n) is 3.10. The van der Waals surface area contributed by atoms with E-state index in [2.05, 4.69) is 10.2 Å². The van der Waals surface area contributed by atoms with E-state index in [1.807, 2.05) is 11.0 Å². The van der Waals surface area contributed by atoms with Gasteiger partial charge in [-0.15, -0.1) is 5.10 Å². The maximum absolute atomic E-state index is 13.9. The van der Waals surface area contributed by atoms with Crippen LogP contribution in [0, 0.1) is 5.82 Å². The largest absolute Gasteiger partial charge is 0.385 e. The number of nitrogens with one attached hydrogen (secondary N) is 1. The second kappa shape index (κ2) is 9.74. The van der Waals surface area contributed by atoms with Gasteiger partial charge < -0.3 is 14.5 Å². The molecule has 1 aromatic heterocycles. The van der Waals surface area contributed by atoms with Crippen molar-refractivity contribution in [3.05, 3.63) is 40.6 Å². The summed E-state index contributed by atoms with van der Waals surface area (Å²) in [5.74, 6) is -0.0613. The van der Waals surface area contributed by atoms with Crippen molar-refractivity contribution in [2.45, 2.75) is 18.1 Å². The van der Waals surface area contributed by atoms with Crippen LogP contribution < -0.4 is 10.6 Å². The van der Waals surface area contributed by atoms with E-state index in [1.165, 1.54) is 22.4 Å². The molecule has 152 valence electrons. The molecule has 1 saturated heterocycles. The van der Waals surface area contributed by atoms with Gasteiger partial charge in [0.05, 0.1) is 11.4 Å². The molecule has 1 aromatic carbocycles. The molecular weight excluding hydrogens is 385 g/mol. The lowest BCUT2D eigenvalue weighted by molar-refractivity contribution is -0.128. The second-order valence-corrected chi connectivity index (χ2v) is 7.36. The fraction of sp³-hybridized carbons (Fsp3) is 0.500. The van der Waals surface area contributed by atoms with Crippen molar-refractivity contribution < 1.29 is 13.9 Å². The minimum absolute atomic E-state index is 0.0166. The third-order valence-corrected chi connectivity index (χ3v) is 5.56. The van der Waals surface area contributed by atoms with E-state index in [9.17, 15) is 14.0 Å². The standard InChI is InChI=1S/C18H24FN5O3S/c1-27-12-4-7-24-17(26)20-21-18(24)28-13-16(25)23-10-8-22(9-11-23)15-6-3-2-5-14(15)19/h2-3,5-6H,4,7-13H2,1H3,(H,20,26). The first-order valence-electron chi connectivity index (χ1n) is 9.14. The molecule has 0 spiro atoms. The molecule has 0 atom stereocenters. The molecule has 0 bridgehead atoms. The van der Waals surface area contributed by atoms with Gasteiger partial charge in [-0.1, -0.05) is 23.9 Å². The molecule has 0 aliphatic carbocycles. The summed E-state index contributed by atoms with van der Waals surface area (Å²) in [6.07, 6.45) is 0.690. The lowest BCUT2D eigenvalue weighted by Gasteiger charge is -2.36. The molecule has 10 heteroatoms. The Kier molecular flexibility index (Phi) is 7.10. The average Bonchev–Trinajstić information content (AvgIpc) is 3.06. The second-order valence-electron chi connectivity index (χ2n) is 6.42. The Labute approximate surface area is 166 Å². The number of carbonyl (C=O) groups excluding carboxylic acids is 1. The van der Waals surface area contributed by atoms with Crippen molar-refractivity contribution in [3.8, 4) is 0 Å². The monoisotopic (exact) mass is 409 g/mol. The average molecular weight is 409 g/mol. The number of anilines is 1. The number of ether oxygens (including phenoxy) is 1. The highest BCUT2D eigenvalue weighted by Crippen LogP contribution is 2.21. The van der Waals surface area contributed by atoms with Crippen molar-refractivity contribution in [1.29, 1.82) is 0 Å². The fourth-order valence-corrected chi connectivity index (χ4v) is 3.98. The van der Waals surface area contributed by atoms with Crippen LogP contribution in [0.1, 0.15) is 6.42 Å². The van der Waals surface area contributed by atoms with Crippen LogP contribution in [0.15, 0.2) is 34.2 Å². The summed E-state index contributed by atoms with van der Waals surface area (Å²) in [5, 5.41) is 6.92. The normalized spacial score (nSPS) is 14.5. The number of nitrogens with zero attached hydrogens (tertiary/aromatic N) is 4. The SMILES string of the molecule is COCCCn1c(SCC(=O)N2CCN(c3ccccc3F)CC2)n[nH]c1=O. The van der Waals surface area contributed by atoms with Gasteiger partial charge in [0.15, 0.2) is 5.16 Å². The highest BCUT2D eigenvalue weighted by Gasteiger charge is 2.23. The predicted octanol–water partition coefficient (Wildman–Crippen LogP) is 1.19. The molecule has 1 aliphatic rings. The number of para-hydroxylation sites is 1. The molecule has 1 fully saturated rings. The van der Waals surface area contributed by atoms with Crippen molar-refractivity contribution in [1.82, 2.24) is 19.7 Å². The van der Waals surface area contributed by atoms with Gasteiger partial charge in [-0.05, 0) is 18.6 Å². The van der Waals surface area contributed by atoms with E-state index >= 15 is 0 Å². The first kappa shape index (κ1) is 20.4. The number of thioether (sulfide) groups is 1. The Morgan fingerprint density at radius 2 is 2.04 bits per heavy atom. The highest BCUT2D eigenvalue weighted by molar-refractivity contribution is 7.99. The van der Waals surface area contributed by atoms with Crippen molar-refractivity contribution in [2.75, 3.05) is 50.5 Å². The number of amides is 1. The van der Waals surface area contributed by atoms with E-state index in [1.54, 1.807) is 24.1 Å². The highest BCUT2D eigenvalue weighted by atomic mass is 32.2. The Morgan fingerprint density at radius 1 is 1.29 bits per heavy atom. The van der Waals surface area contributed by atoms with Crippen molar-refractivity contribution in [2.24, 2.45) is 0 Å². The molecule has 28 heavy (non-hydrogen) atoms. The summed E-state index contributed by atoms with van der Waals surface area (Å²) in [6.45, 7) is 3.28. The van der Waals surface area contributed by atoms with Gasteiger partial charge in [0.25, 0.3) is 0 Å². The Bertz CT molecular complexity index is 848. The maximum atomic E-state index is 13.9. The summed E-state index contributed by atoms with van der Waals surface area (Å²) in [4.78, 5) is 28.1. The smallest absolute Gasteiger partial charge is 0.343 e. The van der Waals surface area contributed by atoms with Gasteiger partial charge in [-0.3, -0.25) is 9.36 Å². The number of halogens is 1. The Hall–Kier alpha value is -2.33. The Morgan fingerprint density at radius 3 is 2.75 bits per heavy atom. The lowest BCUT2D eigenvalue weighted by Crippen LogP contribution is -2.49.